The molecule has 0 heterocycles. The van der Waals surface area contributed by atoms with Crippen molar-refractivity contribution >= 4 is 6.03 Å². The molecule has 3 unspecified atom stereocenters. The maximum atomic E-state index is 13.0. The monoisotopic (exact) mass is 278 g/mol. The van der Waals surface area contributed by atoms with Crippen LogP contribution in [0.2, 0.25) is 0 Å². The number of urea groups is 1. The number of hydroxylamine groups is 2. The highest BCUT2D eigenvalue weighted by Gasteiger charge is 2.54. The lowest BCUT2D eigenvalue weighted by Gasteiger charge is -2.49. The van der Waals surface area contributed by atoms with Gasteiger partial charge in [-0.2, -0.15) is 0 Å². The van der Waals surface area contributed by atoms with Crippen molar-refractivity contribution in [3.05, 3.63) is 35.6 Å². The van der Waals surface area contributed by atoms with Crippen molar-refractivity contribution in [3.63, 3.8) is 0 Å². The van der Waals surface area contributed by atoms with E-state index in [4.69, 9.17) is 5.73 Å². The Morgan fingerprint density at radius 2 is 1.95 bits per heavy atom. The molecule has 2 amide bonds. The van der Waals surface area contributed by atoms with E-state index >= 15 is 0 Å². The second kappa shape index (κ2) is 4.74. The third-order valence-corrected chi connectivity index (χ3v) is 5.13. The van der Waals surface area contributed by atoms with Crippen molar-refractivity contribution in [2.45, 2.75) is 44.1 Å². The minimum atomic E-state index is -0.778. The van der Waals surface area contributed by atoms with Crippen molar-refractivity contribution in [1.29, 1.82) is 0 Å². The van der Waals surface area contributed by atoms with E-state index in [0.717, 1.165) is 37.7 Å². The Balaban J connectivity index is 1.73. The number of rotatable bonds is 2. The standard InChI is InChI=1S/C15H19FN2O2/c16-12-3-1-10(2-4-12)11-5-7-15(9-11)8-6-13(15)18(20)14(17)19/h1-4,11,13,20H,5-9H2,(H2,17,19). The zero-order valence-corrected chi connectivity index (χ0v) is 11.3. The molecule has 3 rings (SSSR count). The first-order valence-corrected chi connectivity index (χ1v) is 7.05. The van der Waals surface area contributed by atoms with Gasteiger partial charge in [-0.15, -0.1) is 0 Å². The van der Waals surface area contributed by atoms with Crippen molar-refractivity contribution in [2.24, 2.45) is 11.1 Å². The van der Waals surface area contributed by atoms with E-state index in [9.17, 15) is 14.4 Å². The molecule has 108 valence electrons. The molecule has 0 bridgehead atoms. The average Bonchev–Trinajstić information content (AvgIpc) is 2.85. The number of nitrogens with zero attached hydrogens (tertiary/aromatic N) is 1. The van der Waals surface area contributed by atoms with E-state index < -0.39 is 6.03 Å². The van der Waals surface area contributed by atoms with Gasteiger partial charge in [0.1, 0.15) is 5.82 Å². The first kappa shape index (κ1) is 13.4. The van der Waals surface area contributed by atoms with E-state index in [1.807, 2.05) is 12.1 Å². The van der Waals surface area contributed by atoms with Gasteiger partial charge in [0.05, 0.1) is 6.04 Å². The Hall–Kier alpha value is -1.62. The molecule has 20 heavy (non-hydrogen) atoms. The van der Waals surface area contributed by atoms with Gasteiger partial charge in [-0.05, 0) is 61.1 Å². The summed E-state index contributed by atoms with van der Waals surface area (Å²) in [4.78, 5) is 11.1. The lowest BCUT2D eigenvalue weighted by molar-refractivity contribution is -0.153. The Bertz CT molecular complexity index is 519. The molecule has 5 heteroatoms. The molecule has 1 aromatic rings. The second-order valence-corrected chi connectivity index (χ2v) is 6.09. The molecule has 1 aromatic carbocycles. The Labute approximate surface area is 117 Å². The Kier molecular flexibility index (Phi) is 3.17. The minimum Gasteiger partial charge on any atom is -0.350 e. The molecule has 1 spiro atoms. The van der Waals surface area contributed by atoms with Gasteiger partial charge in [-0.25, -0.2) is 14.2 Å². The smallest absolute Gasteiger partial charge is 0.338 e. The van der Waals surface area contributed by atoms with E-state index in [-0.39, 0.29) is 17.3 Å². The molecule has 0 aliphatic heterocycles. The maximum Gasteiger partial charge on any atom is 0.338 e. The third kappa shape index (κ3) is 2.06. The molecule has 2 fully saturated rings. The quantitative estimate of drug-likeness (QED) is 0.645. The predicted octanol–water partition coefficient (Wildman–Crippen LogP) is 3.01. The van der Waals surface area contributed by atoms with Gasteiger partial charge in [0, 0.05) is 0 Å². The number of nitrogens with two attached hydrogens (primary N) is 1. The van der Waals surface area contributed by atoms with Gasteiger partial charge >= 0.3 is 6.03 Å². The number of carbonyl (C=O) groups excluding carboxylic acids is 1. The highest BCUT2D eigenvalue weighted by molar-refractivity contribution is 5.71. The number of primary amides is 1. The molecule has 2 aliphatic carbocycles. The van der Waals surface area contributed by atoms with Crippen LogP contribution in [-0.4, -0.2) is 22.3 Å². The van der Waals surface area contributed by atoms with E-state index in [2.05, 4.69) is 0 Å². The highest BCUT2D eigenvalue weighted by Crippen LogP contribution is 2.59. The fourth-order valence-corrected chi connectivity index (χ4v) is 3.92. The zero-order valence-electron chi connectivity index (χ0n) is 11.3. The zero-order chi connectivity index (χ0) is 14.3. The predicted molar refractivity (Wildman–Crippen MR) is 71.7 cm³/mol. The second-order valence-electron chi connectivity index (χ2n) is 6.09. The van der Waals surface area contributed by atoms with Crippen LogP contribution in [0, 0.1) is 11.2 Å². The van der Waals surface area contributed by atoms with E-state index in [1.54, 1.807) is 0 Å². The molecule has 0 saturated heterocycles. The van der Waals surface area contributed by atoms with Crippen LogP contribution < -0.4 is 5.73 Å². The van der Waals surface area contributed by atoms with E-state index in [1.165, 1.54) is 12.1 Å². The Morgan fingerprint density at radius 1 is 1.30 bits per heavy atom. The van der Waals surface area contributed by atoms with Crippen molar-refractivity contribution in [3.8, 4) is 0 Å². The molecule has 4 nitrogen and oxygen atoms in total. The summed E-state index contributed by atoms with van der Waals surface area (Å²) in [5.41, 5.74) is 6.28. The topological polar surface area (TPSA) is 66.6 Å². The van der Waals surface area contributed by atoms with Crippen LogP contribution in [0.4, 0.5) is 9.18 Å². The number of benzene rings is 1. The first-order chi connectivity index (χ1) is 9.52. The first-order valence-electron chi connectivity index (χ1n) is 7.05. The third-order valence-electron chi connectivity index (χ3n) is 5.13. The highest BCUT2D eigenvalue weighted by atomic mass is 19.1. The molecule has 2 aliphatic rings. The number of hydrogen-bond donors (Lipinski definition) is 2. The summed E-state index contributed by atoms with van der Waals surface area (Å²) >= 11 is 0. The van der Waals surface area contributed by atoms with Gasteiger partial charge in [0.15, 0.2) is 0 Å². The molecule has 0 aromatic heterocycles. The van der Waals surface area contributed by atoms with Crippen molar-refractivity contribution in [1.82, 2.24) is 5.06 Å². The maximum absolute atomic E-state index is 13.0. The fourth-order valence-electron chi connectivity index (χ4n) is 3.92. The van der Waals surface area contributed by atoms with Gasteiger partial charge in [-0.1, -0.05) is 12.1 Å². The number of hydrogen-bond acceptors (Lipinski definition) is 2. The summed E-state index contributed by atoms with van der Waals surface area (Å²) in [5, 5.41) is 10.5. The number of halogens is 1. The van der Waals surface area contributed by atoms with Crippen LogP contribution in [-0.2, 0) is 0 Å². The molecule has 3 N–H and O–H groups in total. The average molecular weight is 278 g/mol. The SMILES string of the molecule is NC(=O)N(O)C1CCC12CCC(c1ccc(F)cc1)C2. The summed E-state index contributed by atoms with van der Waals surface area (Å²) in [6, 6.07) is 5.69. The summed E-state index contributed by atoms with van der Waals surface area (Å²) in [6.45, 7) is 0. The summed E-state index contributed by atoms with van der Waals surface area (Å²) in [6.07, 6.45) is 4.72. The largest absolute Gasteiger partial charge is 0.350 e. The van der Waals surface area contributed by atoms with Crippen LogP contribution >= 0.6 is 0 Å². The molecular formula is C15H19FN2O2. The lowest BCUT2D eigenvalue weighted by atomic mass is 9.62. The van der Waals surface area contributed by atoms with Crippen LogP contribution in [0.5, 0.6) is 0 Å². The minimum absolute atomic E-state index is 0.0111. The van der Waals surface area contributed by atoms with Crippen LogP contribution in [0.1, 0.15) is 43.6 Å². The van der Waals surface area contributed by atoms with Crippen LogP contribution in [0.15, 0.2) is 24.3 Å². The molecular weight excluding hydrogens is 259 g/mol. The fraction of sp³-hybridized carbons (Fsp3) is 0.533. The van der Waals surface area contributed by atoms with Crippen molar-refractivity contribution < 1.29 is 14.4 Å². The summed E-state index contributed by atoms with van der Waals surface area (Å²) < 4.78 is 13.0. The molecule has 0 radical (unpaired) electrons. The van der Waals surface area contributed by atoms with Gasteiger partial charge in [0.25, 0.3) is 0 Å². The van der Waals surface area contributed by atoms with E-state index in [0.29, 0.717) is 11.0 Å². The van der Waals surface area contributed by atoms with Crippen LogP contribution in [0.25, 0.3) is 0 Å². The number of carbonyl (C=O) groups is 1. The normalized spacial score (nSPS) is 32.1. The van der Waals surface area contributed by atoms with Gasteiger partial charge in [-0.3, -0.25) is 5.21 Å². The molecule has 3 atom stereocenters. The number of amides is 2. The lowest BCUT2D eigenvalue weighted by Crippen LogP contribution is -2.56. The van der Waals surface area contributed by atoms with Crippen LogP contribution in [0.3, 0.4) is 0 Å². The van der Waals surface area contributed by atoms with Gasteiger partial charge < -0.3 is 5.73 Å². The van der Waals surface area contributed by atoms with Crippen molar-refractivity contribution in [2.75, 3.05) is 0 Å². The Morgan fingerprint density at radius 3 is 2.50 bits per heavy atom. The summed E-state index contributed by atoms with van der Waals surface area (Å²) in [5.74, 6) is 0.151. The molecule has 2 saturated carbocycles. The van der Waals surface area contributed by atoms with Gasteiger partial charge in [0.2, 0.25) is 0 Å². The summed E-state index contributed by atoms with van der Waals surface area (Å²) in [7, 11) is 0.